The van der Waals surface area contributed by atoms with Crippen LogP contribution in [0.4, 0.5) is 5.69 Å². The number of halogens is 1. The highest BCUT2D eigenvalue weighted by Crippen LogP contribution is 2.55. The summed E-state index contributed by atoms with van der Waals surface area (Å²) in [5.74, 6) is 0. The molecule has 0 radical (unpaired) electrons. The van der Waals surface area contributed by atoms with E-state index < -0.39 is 0 Å². The summed E-state index contributed by atoms with van der Waals surface area (Å²) in [5.41, 5.74) is 3.95. The second-order valence-corrected chi connectivity index (χ2v) is 10.0. The number of likely N-dealkylation sites (N-methyl/N-ethyl adjacent to an activating group) is 1. The van der Waals surface area contributed by atoms with E-state index in [-0.39, 0.29) is 11.1 Å². The lowest BCUT2D eigenvalue weighted by Gasteiger charge is -2.36. The van der Waals surface area contributed by atoms with Gasteiger partial charge < -0.3 is 4.90 Å². The largest absolute Gasteiger partial charge is 0.347 e. The molecule has 1 aliphatic carbocycles. The molecular weight excluding hydrogens is 434 g/mol. The quantitative estimate of drug-likeness (QED) is 0.414. The third kappa shape index (κ3) is 3.15. The number of benzene rings is 2. The summed E-state index contributed by atoms with van der Waals surface area (Å²) >= 11 is 8.06. The second kappa shape index (κ2) is 8.14. The first kappa shape index (κ1) is 20.8. The van der Waals surface area contributed by atoms with Crippen LogP contribution < -0.4 is 14.7 Å². The number of anilines is 1. The summed E-state index contributed by atoms with van der Waals surface area (Å²) in [6.45, 7) is 7.52. The molecular formula is C27H22ClN3S. The molecule has 1 fully saturated rings. The zero-order valence-corrected chi connectivity index (χ0v) is 19.4. The third-order valence-electron chi connectivity index (χ3n) is 6.86. The first-order valence-corrected chi connectivity index (χ1v) is 12.0. The topological polar surface area (TPSA) is 31.4 Å². The van der Waals surface area contributed by atoms with Gasteiger partial charge in [0.05, 0.1) is 12.6 Å². The van der Waals surface area contributed by atoms with Crippen LogP contribution >= 0.6 is 22.9 Å². The van der Waals surface area contributed by atoms with Gasteiger partial charge in [0, 0.05) is 43.3 Å². The van der Waals surface area contributed by atoms with Gasteiger partial charge in [-0.3, -0.25) is 0 Å². The second-order valence-electron chi connectivity index (χ2n) is 8.49. The number of rotatable bonds is 1. The number of hydrogen-bond donors (Lipinski definition) is 0. The van der Waals surface area contributed by atoms with Crippen LogP contribution in [-0.2, 0) is 5.41 Å². The third-order valence-corrected chi connectivity index (χ3v) is 8.24. The van der Waals surface area contributed by atoms with E-state index in [0.717, 1.165) is 37.7 Å². The molecule has 2 heterocycles. The number of nitriles is 1. The van der Waals surface area contributed by atoms with E-state index in [1.54, 1.807) is 11.3 Å². The van der Waals surface area contributed by atoms with Crippen molar-refractivity contribution < 1.29 is 0 Å². The molecule has 32 heavy (non-hydrogen) atoms. The van der Waals surface area contributed by atoms with Gasteiger partial charge in [0.15, 0.2) is 0 Å². The minimum absolute atomic E-state index is 0.0256. The molecule has 1 spiro atoms. The number of hydrogen-bond acceptors (Lipinski definition) is 3. The zero-order valence-electron chi connectivity index (χ0n) is 17.9. The maximum absolute atomic E-state index is 9.60. The Hall–Kier alpha value is -3.05. The highest BCUT2D eigenvalue weighted by molar-refractivity contribution is 7.17. The van der Waals surface area contributed by atoms with Gasteiger partial charge >= 0.3 is 0 Å². The number of allylic oxidation sites excluding steroid dienone is 2. The van der Waals surface area contributed by atoms with Gasteiger partial charge in [-0.15, -0.1) is 11.3 Å². The van der Waals surface area contributed by atoms with E-state index in [0.29, 0.717) is 0 Å². The molecule has 0 bridgehead atoms. The molecule has 1 aliphatic heterocycles. The van der Waals surface area contributed by atoms with Crippen LogP contribution in [-0.4, -0.2) is 7.05 Å². The summed E-state index contributed by atoms with van der Waals surface area (Å²) in [6.07, 6.45) is 10.2. The normalized spacial score (nSPS) is 19.8. The Morgan fingerprint density at radius 2 is 1.97 bits per heavy atom. The van der Waals surface area contributed by atoms with Crippen molar-refractivity contribution in [2.75, 3.05) is 11.9 Å². The average molecular weight is 456 g/mol. The molecule has 1 aromatic heterocycles. The van der Waals surface area contributed by atoms with Gasteiger partial charge in [-0.1, -0.05) is 49.1 Å². The predicted molar refractivity (Wildman–Crippen MR) is 134 cm³/mol. The Balaban J connectivity index is 1.77. The van der Waals surface area contributed by atoms with E-state index in [4.69, 9.17) is 18.2 Å². The summed E-state index contributed by atoms with van der Waals surface area (Å²) in [6, 6.07) is 16.3. The minimum Gasteiger partial charge on any atom is -0.347 e. The van der Waals surface area contributed by atoms with E-state index in [1.165, 1.54) is 36.2 Å². The molecule has 0 amide bonds. The number of thiophene rings is 1. The molecule has 3 aromatic rings. The van der Waals surface area contributed by atoms with Crippen molar-refractivity contribution in [3.63, 3.8) is 0 Å². The van der Waals surface area contributed by atoms with Crippen molar-refractivity contribution in [1.29, 1.82) is 5.26 Å². The van der Waals surface area contributed by atoms with Crippen LogP contribution in [0.25, 0.3) is 26.7 Å². The molecule has 0 unspecified atom stereocenters. The van der Waals surface area contributed by atoms with Gasteiger partial charge in [0.1, 0.15) is 0 Å². The SMILES string of the molecule is [C-]#[N+]\C(C#N)=c1/c(=C/C=C2/N(C)c3ccc(Cl)cc3C23CCCCC3)sc2ccccc12. The lowest BCUT2D eigenvalue weighted by molar-refractivity contribution is 0.347. The molecule has 2 aromatic carbocycles. The smallest absolute Gasteiger partial charge is 0.271 e. The lowest BCUT2D eigenvalue weighted by atomic mass is 9.68. The van der Waals surface area contributed by atoms with E-state index >= 15 is 0 Å². The van der Waals surface area contributed by atoms with Crippen LogP contribution in [0.1, 0.15) is 37.7 Å². The van der Waals surface area contributed by atoms with Crippen LogP contribution in [0.3, 0.4) is 0 Å². The maximum atomic E-state index is 9.60. The molecule has 5 heteroatoms. The first-order chi connectivity index (χ1) is 15.6. The van der Waals surface area contributed by atoms with Crippen molar-refractivity contribution in [3.8, 4) is 6.07 Å². The predicted octanol–water partition coefficient (Wildman–Crippen LogP) is 6.12. The molecule has 3 nitrogen and oxygen atoms in total. The Morgan fingerprint density at radius 3 is 2.72 bits per heavy atom. The summed E-state index contributed by atoms with van der Waals surface area (Å²) in [5, 5.41) is 12.1. The fraction of sp³-hybridized carbons (Fsp3) is 0.259. The summed E-state index contributed by atoms with van der Waals surface area (Å²) < 4.78 is 2.05. The van der Waals surface area contributed by atoms with Gasteiger partial charge in [0.2, 0.25) is 0 Å². The standard InChI is InChI=1S/C27H22ClN3S/c1-30-21(17-29)26-19-8-4-5-9-23(19)32-24(26)12-13-25-27(14-6-3-7-15-27)20-16-18(28)10-11-22(20)31(25)2/h4-5,8-13,16H,3,6-7,14-15H2,2H3/b24-12-,25-13+,26-21-. The Bertz CT molecular complexity index is 1440. The van der Waals surface area contributed by atoms with Crippen molar-refractivity contribution in [2.45, 2.75) is 37.5 Å². The van der Waals surface area contributed by atoms with Crippen LogP contribution in [0.15, 0.2) is 54.2 Å². The van der Waals surface area contributed by atoms with Crippen LogP contribution in [0, 0.1) is 17.9 Å². The fourth-order valence-corrected chi connectivity index (χ4v) is 6.72. The van der Waals surface area contributed by atoms with Crippen LogP contribution in [0.5, 0.6) is 0 Å². The molecule has 0 N–H and O–H groups in total. The highest BCUT2D eigenvalue weighted by atomic mass is 35.5. The van der Waals surface area contributed by atoms with Crippen molar-refractivity contribution in [3.05, 3.63) is 86.0 Å². The van der Waals surface area contributed by atoms with Gasteiger partial charge in [-0.2, -0.15) is 0 Å². The van der Waals surface area contributed by atoms with E-state index in [9.17, 15) is 5.26 Å². The molecule has 2 aliphatic rings. The van der Waals surface area contributed by atoms with Gasteiger partial charge in [-0.25, -0.2) is 10.1 Å². The Kier molecular flexibility index (Phi) is 5.30. The average Bonchev–Trinajstić information content (AvgIpc) is 3.28. The fourth-order valence-electron chi connectivity index (χ4n) is 5.44. The maximum Gasteiger partial charge on any atom is 0.271 e. The van der Waals surface area contributed by atoms with E-state index in [2.05, 4.69) is 53.2 Å². The first-order valence-electron chi connectivity index (χ1n) is 10.8. The monoisotopic (exact) mass is 455 g/mol. The Morgan fingerprint density at radius 1 is 1.19 bits per heavy atom. The lowest BCUT2D eigenvalue weighted by Crippen LogP contribution is -2.32. The van der Waals surface area contributed by atoms with Crippen molar-refractivity contribution >= 4 is 50.5 Å². The van der Waals surface area contributed by atoms with Crippen molar-refractivity contribution in [2.24, 2.45) is 0 Å². The van der Waals surface area contributed by atoms with Gasteiger partial charge in [0.25, 0.3) is 5.70 Å². The highest BCUT2D eigenvalue weighted by Gasteiger charge is 2.46. The van der Waals surface area contributed by atoms with E-state index in [1.807, 2.05) is 24.3 Å². The molecule has 5 rings (SSSR count). The minimum atomic E-state index is -0.0256. The Labute approximate surface area is 197 Å². The molecule has 1 saturated carbocycles. The number of fused-ring (bicyclic) bond motifs is 3. The summed E-state index contributed by atoms with van der Waals surface area (Å²) in [7, 11) is 2.13. The number of nitrogens with zero attached hydrogens (tertiary/aromatic N) is 3. The summed E-state index contributed by atoms with van der Waals surface area (Å²) in [4.78, 5) is 5.82. The zero-order chi connectivity index (χ0) is 22.3. The van der Waals surface area contributed by atoms with Crippen LogP contribution in [0.2, 0.25) is 5.02 Å². The molecule has 0 saturated heterocycles. The van der Waals surface area contributed by atoms with Gasteiger partial charge in [-0.05, 0) is 60.2 Å². The molecule has 158 valence electrons. The van der Waals surface area contributed by atoms with Crippen molar-refractivity contribution in [1.82, 2.24) is 0 Å². The molecule has 0 atom stereocenters.